The van der Waals surface area contributed by atoms with E-state index in [-0.39, 0.29) is 12.1 Å². The second-order valence-corrected chi connectivity index (χ2v) is 8.13. The first-order chi connectivity index (χ1) is 11.6. The Morgan fingerprint density at radius 3 is 2.62 bits per heavy atom. The Morgan fingerprint density at radius 1 is 1.21 bits per heavy atom. The second-order valence-electron chi connectivity index (χ2n) is 7.02. The van der Waals surface area contributed by atoms with Crippen LogP contribution in [0.15, 0.2) is 0 Å². The maximum atomic E-state index is 12.3. The Kier molecular flexibility index (Phi) is 5.43. The van der Waals surface area contributed by atoms with Crippen molar-refractivity contribution in [2.75, 3.05) is 5.32 Å². The van der Waals surface area contributed by atoms with Crippen LogP contribution in [0.2, 0.25) is 0 Å². The molecule has 1 fully saturated rings. The molecule has 1 atom stereocenters. The molecule has 132 valence electrons. The molecule has 0 radical (unpaired) electrons. The predicted molar refractivity (Wildman–Crippen MR) is 97.7 cm³/mol. The number of rotatable bonds is 4. The molecule has 0 aromatic carbocycles. The van der Waals surface area contributed by atoms with Gasteiger partial charge in [-0.05, 0) is 43.6 Å². The highest BCUT2D eigenvalue weighted by Crippen LogP contribution is 2.40. The number of hydrogen-bond acceptors (Lipinski definition) is 3. The first-order valence-corrected chi connectivity index (χ1v) is 9.92. The number of nitrogens with two attached hydrogens (primary N) is 1. The number of amides is 3. The van der Waals surface area contributed by atoms with E-state index in [2.05, 4.69) is 17.6 Å². The minimum atomic E-state index is -0.435. The first kappa shape index (κ1) is 17.3. The summed E-state index contributed by atoms with van der Waals surface area (Å²) < 4.78 is 0. The van der Waals surface area contributed by atoms with E-state index in [0.717, 1.165) is 44.1 Å². The van der Waals surface area contributed by atoms with E-state index in [9.17, 15) is 9.59 Å². The van der Waals surface area contributed by atoms with Crippen molar-refractivity contribution < 1.29 is 9.59 Å². The van der Waals surface area contributed by atoms with Crippen molar-refractivity contribution in [2.45, 2.75) is 70.8 Å². The molecule has 3 amide bonds. The number of fused-ring (bicyclic) bond motifs is 1. The lowest BCUT2D eigenvalue weighted by atomic mass is 9.85. The van der Waals surface area contributed by atoms with E-state index in [0.29, 0.717) is 16.5 Å². The van der Waals surface area contributed by atoms with Crippen molar-refractivity contribution in [1.82, 2.24) is 5.32 Å². The van der Waals surface area contributed by atoms with Crippen molar-refractivity contribution >= 4 is 28.3 Å². The number of carbonyl (C=O) groups excluding carboxylic acids is 2. The van der Waals surface area contributed by atoms with Gasteiger partial charge in [0.1, 0.15) is 5.00 Å². The van der Waals surface area contributed by atoms with Gasteiger partial charge in [-0.2, -0.15) is 0 Å². The lowest BCUT2D eigenvalue weighted by Gasteiger charge is -2.22. The number of hydrogen-bond donors (Lipinski definition) is 3. The van der Waals surface area contributed by atoms with Crippen molar-refractivity contribution in [2.24, 2.45) is 11.7 Å². The third kappa shape index (κ3) is 3.74. The number of nitrogens with one attached hydrogen (secondary N) is 2. The average Bonchev–Trinajstić information content (AvgIpc) is 2.92. The monoisotopic (exact) mass is 349 g/mol. The van der Waals surface area contributed by atoms with Crippen molar-refractivity contribution in [3.05, 3.63) is 16.0 Å². The van der Waals surface area contributed by atoms with Crippen LogP contribution in [0.1, 0.15) is 72.7 Å². The van der Waals surface area contributed by atoms with Crippen LogP contribution >= 0.6 is 11.3 Å². The zero-order valence-corrected chi connectivity index (χ0v) is 15.1. The SMILES string of the molecule is CCC1CCc2c(sc(NC(=O)NC3CCCCC3)c2C(N)=O)C1. The van der Waals surface area contributed by atoms with Crippen molar-refractivity contribution in [3.8, 4) is 0 Å². The van der Waals surface area contributed by atoms with Gasteiger partial charge >= 0.3 is 6.03 Å². The fourth-order valence-electron chi connectivity index (χ4n) is 3.92. The van der Waals surface area contributed by atoms with Crippen LogP contribution in [-0.2, 0) is 12.8 Å². The summed E-state index contributed by atoms with van der Waals surface area (Å²) in [6.45, 7) is 2.20. The minimum Gasteiger partial charge on any atom is -0.365 e. The molecule has 6 heteroatoms. The van der Waals surface area contributed by atoms with E-state index >= 15 is 0 Å². The second kappa shape index (κ2) is 7.55. The van der Waals surface area contributed by atoms with Crippen LogP contribution in [0.5, 0.6) is 0 Å². The molecule has 1 aromatic heterocycles. The van der Waals surface area contributed by atoms with Gasteiger partial charge in [-0.1, -0.05) is 32.6 Å². The van der Waals surface area contributed by atoms with E-state index in [1.54, 1.807) is 0 Å². The maximum absolute atomic E-state index is 12.3. The zero-order valence-electron chi connectivity index (χ0n) is 14.3. The van der Waals surface area contributed by atoms with Gasteiger partial charge < -0.3 is 11.1 Å². The summed E-state index contributed by atoms with van der Waals surface area (Å²) in [5.41, 5.74) is 7.20. The highest BCUT2D eigenvalue weighted by atomic mass is 32.1. The van der Waals surface area contributed by atoms with E-state index < -0.39 is 5.91 Å². The van der Waals surface area contributed by atoms with Gasteiger partial charge in [0, 0.05) is 10.9 Å². The Labute approximate surface area is 147 Å². The largest absolute Gasteiger partial charge is 0.365 e. The minimum absolute atomic E-state index is 0.213. The lowest BCUT2D eigenvalue weighted by Crippen LogP contribution is -2.39. The quantitative estimate of drug-likeness (QED) is 0.772. The average molecular weight is 350 g/mol. The standard InChI is InChI=1S/C18H27N3O2S/c1-2-11-8-9-13-14(10-11)24-17(15(13)16(19)22)21-18(23)20-12-6-4-3-5-7-12/h11-12H,2-10H2,1H3,(H2,19,22)(H2,20,21,23). The Bertz CT molecular complexity index is 620. The third-order valence-corrected chi connectivity index (χ3v) is 6.53. The molecule has 0 saturated heterocycles. The molecule has 1 saturated carbocycles. The smallest absolute Gasteiger partial charge is 0.320 e. The fourth-order valence-corrected chi connectivity index (χ4v) is 5.29. The van der Waals surface area contributed by atoms with Gasteiger partial charge in [0.05, 0.1) is 5.56 Å². The molecule has 2 aliphatic carbocycles. The fraction of sp³-hybridized carbons (Fsp3) is 0.667. The van der Waals surface area contributed by atoms with Gasteiger partial charge in [0.2, 0.25) is 0 Å². The number of carbonyl (C=O) groups is 2. The molecule has 2 aliphatic rings. The van der Waals surface area contributed by atoms with Gasteiger partial charge in [0.25, 0.3) is 5.91 Å². The number of anilines is 1. The Morgan fingerprint density at radius 2 is 1.96 bits per heavy atom. The van der Waals surface area contributed by atoms with Crippen LogP contribution in [0, 0.1) is 5.92 Å². The number of thiophene rings is 1. The van der Waals surface area contributed by atoms with E-state index in [4.69, 9.17) is 5.73 Å². The highest BCUT2D eigenvalue weighted by molar-refractivity contribution is 7.17. The topological polar surface area (TPSA) is 84.2 Å². The molecule has 5 nitrogen and oxygen atoms in total. The summed E-state index contributed by atoms with van der Waals surface area (Å²) in [5.74, 6) is 0.233. The maximum Gasteiger partial charge on any atom is 0.320 e. The molecule has 4 N–H and O–H groups in total. The van der Waals surface area contributed by atoms with Gasteiger partial charge in [-0.3, -0.25) is 10.1 Å². The molecule has 3 rings (SSSR count). The number of urea groups is 1. The highest BCUT2D eigenvalue weighted by Gasteiger charge is 2.28. The van der Waals surface area contributed by atoms with Gasteiger partial charge in [-0.25, -0.2) is 4.79 Å². The Balaban J connectivity index is 1.73. The summed E-state index contributed by atoms with van der Waals surface area (Å²) in [6.07, 6.45) is 9.78. The normalized spacial score (nSPS) is 21.1. The summed E-state index contributed by atoms with van der Waals surface area (Å²) in [5, 5.41) is 6.56. The van der Waals surface area contributed by atoms with Gasteiger partial charge in [-0.15, -0.1) is 11.3 Å². The summed E-state index contributed by atoms with van der Waals surface area (Å²) >= 11 is 1.53. The van der Waals surface area contributed by atoms with Crippen LogP contribution in [0.4, 0.5) is 9.80 Å². The summed E-state index contributed by atoms with van der Waals surface area (Å²) in [4.78, 5) is 25.5. The molecule has 0 bridgehead atoms. The zero-order chi connectivity index (χ0) is 17.1. The molecule has 1 aromatic rings. The summed E-state index contributed by atoms with van der Waals surface area (Å²) in [7, 11) is 0. The third-order valence-electron chi connectivity index (χ3n) is 5.36. The molecular weight excluding hydrogens is 322 g/mol. The van der Waals surface area contributed by atoms with Crippen LogP contribution in [0.25, 0.3) is 0 Å². The number of primary amides is 1. The Hall–Kier alpha value is -1.56. The first-order valence-electron chi connectivity index (χ1n) is 9.10. The van der Waals surface area contributed by atoms with E-state index in [1.165, 1.54) is 35.5 Å². The lowest BCUT2D eigenvalue weighted by molar-refractivity contribution is 0.1000. The molecule has 1 unspecified atom stereocenters. The molecule has 0 aliphatic heterocycles. The van der Waals surface area contributed by atoms with Crippen LogP contribution in [-0.4, -0.2) is 18.0 Å². The molecule has 0 spiro atoms. The predicted octanol–water partition coefficient (Wildman–Crippen LogP) is 3.82. The van der Waals surface area contributed by atoms with E-state index in [1.807, 2.05) is 0 Å². The van der Waals surface area contributed by atoms with Crippen molar-refractivity contribution in [3.63, 3.8) is 0 Å². The molecule has 1 heterocycles. The molecular formula is C18H27N3O2S. The molecule has 24 heavy (non-hydrogen) atoms. The summed E-state index contributed by atoms with van der Waals surface area (Å²) in [6, 6.07) is 0.0323. The van der Waals surface area contributed by atoms with Crippen molar-refractivity contribution in [1.29, 1.82) is 0 Å². The van der Waals surface area contributed by atoms with Gasteiger partial charge in [0.15, 0.2) is 0 Å². The van der Waals surface area contributed by atoms with Crippen LogP contribution < -0.4 is 16.4 Å². The van der Waals surface area contributed by atoms with Crippen LogP contribution in [0.3, 0.4) is 0 Å².